The van der Waals surface area contributed by atoms with Gasteiger partial charge in [0.25, 0.3) is 5.91 Å². The van der Waals surface area contributed by atoms with E-state index >= 15 is 0 Å². The molecule has 1 aliphatic rings. The molecule has 3 unspecified atom stereocenters. The highest BCUT2D eigenvalue weighted by Gasteiger charge is 2.24. The van der Waals surface area contributed by atoms with Crippen LogP contribution in [0.2, 0.25) is 0 Å². The fourth-order valence-corrected chi connectivity index (χ4v) is 3.83. The Morgan fingerprint density at radius 2 is 2.19 bits per heavy atom. The van der Waals surface area contributed by atoms with Crippen molar-refractivity contribution < 1.29 is 14.6 Å². The molecule has 3 aromatic rings. The molecule has 8 nitrogen and oxygen atoms in total. The first-order valence-electron chi connectivity index (χ1n) is 10.5. The Morgan fingerprint density at radius 3 is 2.94 bits per heavy atom. The summed E-state index contributed by atoms with van der Waals surface area (Å²) in [7, 11) is 1.93. The normalized spacial score (nSPS) is 19.2. The zero-order valence-corrected chi connectivity index (χ0v) is 17.7. The summed E-state index contributed by atoms with van der Waals surface area (Å²) >= 11 is 0. The van der Waals surface area contributed by atoms with E-state index in [-0.39, 0.29) is 29.7 Å². The zero-order valence-electron chi connectivity index (χ0n) is 17.7. The maximum atomic E-state index is 12.7. The van der Waals surface area contributed by atoms with E-state index < -0.39 is 0 Å². The second-order valence-corrected chi connectivity index (χ2v) is 8.13. The lowest BCUT2D eigenvalue weighted by Gasteiger charge is -2.14. The minimum absolute atomic E-state index is 0.0274. The molecule has 0 spiro atoms. The van der Waals surface area contributed by atoms with E-state index in [2.05, 4.69) is 27.4 Å². The second-order valence-electron chi connectivity index (χ2n) is 8.13. The average Bonchev–Trinajstić information content (AvgIpc) is 3.36. The Bertz CT molecular complexity index is 1050. The Hall–Kier alpha value is -3.26. The van der Waals surface area contributed by atoms with Crippen LogP contribution in [0.1, 0.15) is 54.0 Å². The van der Waals surface area contributed by atoms with Crippen molar-refractivity contribution in [3.63, 3.8) is 0 Å². The lowest BCUT2D eigenvalue weighted by molar-refractivity contribution is 0.102. The van der Waals surface area contributed by atoms with Crippen LogP contribution in [0.15, 0.2) is 48.9 Å². The first-order chi connectivity index (χ1) is 15.0. The van der Waals surface area contributed by atoms with Crippen LogP contribution in [0.3, 0.4) is 0 Å². The number of aliphatic hydroxyl groups excluding tert-OH is 1. The van der Waals surface area contributed by atoms with E-state index in [0.29, 0.717) is 17.9 Å². The average molecular weight is 422 g/mol. The Morgan fingerprint density at radius 1 is 1.32 bits per heavy atom. The molecule has 1 aliphatic carbocycles. The lowest BCUT2D eigenvalue weighted by Crippen LogP contribution is -2.16. The Kier molecular flexibility index (Phi) is 6.27. The van der Waals surface area contributed by atoms with Crippen LogP contribution in [-0.4, -0.2) is 43.0 Å². The third-order valence-electron chi connectivity index (χ3n) is 5.63. The number of benzene rings is 1. The number of hydrogen-bond acceptors (Lipinski definition) is 6. The van der Waals surface area contributed by atoms with Crippen LogP contribution in [0.5, 0.6) is 5.75 Å². The quantitative estimate of drug-likeness (QED) is 0.608. The number of nitrogens with zero attached hydrogens (tertiary/aromatic N) is 4. The number of ether oxygens (including phenoxy) is 1. The standard InChI is InChI=1S/C23H27N5O3/c1-15(10-22-27-25-14-28(22)2)16-4-3-5-17(11-16)26-23(30)21-13-20(8-9-24-21)31-19-7-6-18(29)12-19/h3-5,8-9,11,13-15,18-19,29H,6-7,10,12H2,1-2H3,(H,26,30). The van der Waals surface area contributed by atoms with Crippen molar-refractivity contribution in [1.82, 2.24) is 19.7 Å². The van der Waals surface area contributed by atoms with Gasteiger partial charge in [-0.1, -0.05) is 19.1 Å². The molecule has 8 heteroatoms. The molecule has 3 atom stereocenters. The number of amides is 1. The van der Waals surface area contributed by atoms with E-state index in [0.717, 1.165) is 30.7 Å². The van der Waals surface area contributed by atoms with Crippen LogP contribution in [0, 0.1) is 0 Å². The number of aliphatic hydroxyl groups is 1. The second kappa shape index (κ2) is 9.26. The molecule has 1 aromatic carbocycles. The smallest absolute Gasteiger partial charge is 0.274 e. The van der Waals surface area contributed by atoms with Gasteiger partial charge in [0.15, 0.2) is 0 Å². The molecule has 0 radical (unpaired) electrons. The van der Waals surface area contributed by atoms with Gasteiger partial charge in [0.2, 0.25) is 0 Å². The summed E-state index contributed by atoms with van der Waals surface area (Å²) in [6, 6.07) is 11.2. The Labute approximate surface area is 181 Å². The number of nitrogens with one attached hydrogen (secondary N) is 1. The van der Waals surface area contributed by atoms with Gasteiger partial charge in [0, 0.05) is 37.8 Å². The maximum Gasteiger partial charge on any atom is 0.274 e. The van der Waals surface area contributed by atoms with E-state index in [1.165, 1.54) is 0 Å². The van der Waals surface area contributed by atoms with Gasteiger partial charge in [0.05, 0.1) is 6.10 Å². The summed E-state index contributed by atoms with van der Waals surface area (Å²) in [6.07, 6.45) is 5.85. The highest BCUT2D eigenvalue weighted by Crippen LogP contribution is 2.25. The SMILES string of the molecule is CC(Cc1nncn1C)c1cccc(NC(=O)c2cc(OC3CCC(O)C3)ccn2)c1. The van der Waals surface area contributed by atoms with E-state index in [4.69, 9.17) is 4.74 Å². The van der Waals surface area contributed by atoms with Crippen molar-refractivity contribution in [2.75, 3.05) is 5.32 Å². The molecule has 162 valence electrons. The molecule has 31 heavy (non-hydrogen) atoms. The summed E-state index contributed by atoms with van der Waals surface area (Å²) in [6.45, 7) is 2.12. The van der Waals surface area contributed by atoms with Crippen molar-refractivity contribution in [1.29, 1.82) is 0 Å². The van der Waals surface area contributed by atoms with Gasteiger partial charge >= 0.3 is 0 Å². The molecular formula is C23H27N5O3. The topological polar surface area (TPSA) is 102 Å². The first-order valence-corrected chi connectivity index (χ1v) is 10.5. The molecule has 1 fully saturated rings. The third kappa shape index (κ3) is 5.27. The summed E-state index contributed by atoms with van der Waals surface area (Å²) in [4.78, 5) is 16.9. The fraction of sp³-hybridized carbons (Fsp3) is 0.391. The monoisotopic (exact) mass is 421 g/mol. The van der Waals surface area contributed by atoms with E-state index in [9.17, 15) is 9.90 Å². The molecule has 1 amide bonds. The van der Waals surface area contributed by atoms with Crippen molar-refractivity contribution >= 4 is 11.6 Å². The fourth-order valence-electron chi connectivity index (χ4n) is 3.83. The minimum Gasteiger partial charge on any atom is -0.490 e. The van der Waals surface area contributed by atoms with Crippen LogP contribution >= 0.6 is 0 Å². The van der Waals surface area contributed by atoms with Crippen molar-refractivity contribution in [2.24, 2.45) is 7.05 Å². The van der Waals surface area contributed by atoms with Gasteiger partial charge in [-0.3, -0.25) is 9.78 Å². The molecule has 2 aromatic heterocycles. The first kappa shape index (κ1) is 21.0. The number of rotatable bonds is 7. The van der Waals surface area contributed by atoms with Gasteiger partial charge in [-0.05, 0) is 42.5 Å². The highest BCUT2D eigenvalue weighted by molar-refractivity contribution is 6.03. The molecule has 1 saturated carbocycles. The van der Waals surface area contributed by atoms with Gasteiger partial charge in [-0.25, -0.2) is 0 Å². The number of aryl methyl sites for hydroxylation is 1. The number of hydrogen-bond donors (Lipinski definition) is 2. The van der Waals surface area contributed by atoms with Gasteiger partial charge in [-0.2, -0.15) is 0 Å². The number of carbonyl (C=O) groups excluding carboxylic acids is 1. The highest BCUT2D eigenvalue weighted by atomic mass is 16.5. The van der Waals surface area contributed by atoms with E-state index in [1.54, 1.807) is 24.7 Å². The molecule has 2 N–H and O–H groups in total. The van der Waals surface area contributed by atoms with Crippen LogP contribution in [-0.2, 0) is 13.5 Å². The van der Waals surface area contributed by atoms with E-state index in [1.807, 2.05) is 35.9 Å². The van der Waals surface area contributed by atoms with Crippen LogP contribution < -0.4 is 10.1 Å². The number of pyridine rings is 1. The molecule has 4 rings (SSSR count). The number of carbonyl (C=O) groups is 1. The molecule has 2 heterocycles. The third-order valence-corrected chi connectivity index (χ3v) is 5.63. The predicted octanol–water partition coefficient (Wildman–Crippen LogP) is 3.10. The summed E-state index contributed by atoms with van der Waals surface area (Å²) in [5.41, 5.74) is 2.10. The minimum atomic E-state index is -0.307. The number of aromatic nitrogens is 4. The van der Waals surface area contributed by atoms with Gasteiger partial charge in [0.1, 0.15) is 29.7 Å². The molecular weight excluding hydrogens is 394 g/mol. The largest absolute Gasteiger partial charge is 0.490 e. The van der Waals surface area contributed by atoms with Crippen LogP contribution in [0.25, 0.3) is 0 Å². The molecule has 0 aliphatic heterocycles. The summed E-state index contributed by atoms with van der Waals surface area (Å²) in [5.74, 6) is 1.43. The van der Waals surface area contributed by atoms with Crippen LogP contribution in [0.4, 0.5) is 5.69 Å². The van der Waals surface area contributed by atoms with Crippen molar-refractivity contribution in [3.8, 4) is 5.75 Å². The van der Waals surface area contributed by atoms with Gasteiger partial charge < -0.3 is 19.7 Å². The lowest BCUT2D eigenvalue weighted by atomic mass is 9.97. The number of anilines is 1. The Balaban J connectivity index is 1.41. The van der Waals surface area contributed by atoms with Crippen molar-refractivity contribution in [3.05, 3.63) is 66.0 Å². The van der Waals surface area contributed by atoms with Gasteiger partial charge in [-0.15, -0.1) is 10.2 Å². The summed E-state index contributed by atoms with van der Waals surface area (Å²) < 4.78 is 7.82. The van der Waals surface area contributed by atoms with Crippen molar-refractivity contribution in [2.45, 2.75) is 50.7 Å². The molecule has 0 bridgehead atoms. The molecule has 0 saturated heterocycles. The zero-order chi connectivity index (χ0) is 21.8. The maximum absolute atomic E-state index is 12.7. The predicted molar refractivity (Wildman–Crippen MR) is 116 cm³/mol. The summed E-state index contributed by atoms with van der Waals surface area (Å²) in [5, 5.41) is 20.7.